The SMILES string of the molecule is CC(C)=O.CCN1CCN(C)CC1.COC.COCCN1CCN(C)CC1. The quantitative estimate of drug-likeness (QED) is 0.709. The van der Waals surface area contributed by atoms with E-state index >= 15 is 0 Å². The summed E-state index contributed by atoms with van der Waals surface area (Å²) in [6.45, 7) is 18.2. The predicted molar refractivity (Wildman–Crippen MR) is 115 cm³/mol. The number of likely N-dealkylation sites (N-methyl/N-ethyl adjacent to an activating group) is 3. The Labute approximate surface area is 168 Å². The maximum atomic E-state index is 9.44. The Morgan fingerprint density at radius 2 is 1.11 bits per heavy atom. The van der Waals surface area contributed by atoms with Gasteiger partial charge in [0.1, 0.15) is 5.78 Å². The molecule has 7 heteroatoms. The Balaban J connectivity index is 0. The lowest BCUT2D eigenvalue weighted by atomic mass is 10.3. The number of rotatable bonds is 4. The van der Waals surface area contributed by atoms with Crippen molar-refractivity contribution >= 4 is 5.78 Å². The van der Waals surface area contributed by atoms with Gasteiger partial charge < -0.3 is 29.0 Å². The monoisotopic (exact) mass is 390 g/mol. The number of piperazine rings is 2. The van der Waals surface area contributed by atoms with Gasteiger partial charge >= 0.3 is 0 Å². The first-order chi connectivity index (χ1) is 12.8. The Hall–Kier alpha value is -0.570. The van der Waals surface area contributed by atoms with Gasteiger partial charge in [0, 0.05) is 80.2 Å². The van der Waals surface area contributed by atoms with Crippen LogP contribution in [0.3, 0.4) is 0 Å². The van der Waals surface area contributed by atoms with Crippen LogP contribution < -0.4 is 0 Å². The summed E-state index contributed by atoms with van der Waals surface area (Å²) in [5.41, 5.74) is 0. The second-order valence-electron chi connectivity index (χ2n) is 7.19. The summed E-state index contributed by atoms with van der Waals surface area (Å²) in [6, 6.07) is 0. The first-order valence-corrected chi connectivity index (χ1v) is 9.98. The first-order valence-electron chi connectivity index (χ1n) is 9.98. The van der Waals surface area contributed by atoms with Crippen LogP contribution >= 0.6 is 0 Å². The van der Waals surface area contributed by atoms with Crippen LogP contribution in [-0.2, 0) is 14.3 Å². The van der Waals surface area contributed by atoms with Crippen LogP contribution in [0.2, 0.25) is 0 Å². The molecule has 2 rings (SSSR count). The third-order valence-electron chi connectivity index (χ3n) is 4.25. The molecule has 0 unspecified atom stereocenters. The molecule has 0 aromatic carbocycles. The van der Waals surface area contributed by atoms with Gasteiger partial charge in [-0.05, 0) is 34.5 Å². The largest absolute Gasteiger partial charge is 0.388 e. The van der Waals surface area contributed by atoms with E-state index in [4.69, 9.17) is 4.74 Å². The minimum Gasteiger partial charge on any atom is -0.388 e. The molecule has 27 heavy (non-hydrogen) atoms. The van der Waals surface area contributed by atoms with Crippen molar-refractivity contribution in [2.75, 3.05) is 107 Å². The summed E-state index contributed by atoms with van der Waals surface area (Å²) in [4.78, 5) is 19.1. The molecular weight excluding hydrogens is 344 g/mol. The third-order valence-corrected chi connectivity index (χ3v) is 4.25. The molecule has 0 saturated carbocycles. The Bertz CT molecular complexity index is 310. The van der Waals surface area contributed by atoms with Crippen LogP contribution in [-0.4, -0.2) is 133 Å². The van der Waals surface area contributed by atoms with E-state index in [1.807, 2.05) is 0 Å². The van der Waals surface area contributed by atoms with Gasteiger partial charge in [0.2, 0.25) is 0 Å². The molecule has 164 valence electrons. The topological polar surface area (TPSA) is 48.5 Å². The van der Waals surface area contributed by atoms with E-state index in [0.717, 1.165) is 13.2 Å². The summed E-state index contributed by atoms with van der Waals surface area (Å²) in [6.07, 6.45) is 0. The summed E-state index contributed by atoms with van der Waals surface area (Å²) in [7, 11) is 9.37. The van der Waals surface area contributed by atoms with E-state index in [9.17, 15) is 4.79 Å². The van der Waals surface area contributed by atoms with E-state index in [1.54, 1.807) is 21.3 Å². The number of ether oxygens (including phenoxy) is 2. The molecule has 0 amide bonds. The van der Waals surface area contributed by atoms with Gasteiger partial charge in [0.15, 0.2) is 0 Å². The van der Waals surface area contributed by atoms with Crippen molar-refractivity contribution in [2.24, 2.45) is 0 Å². The van der Waals surface area contributed by atoms with Crippen LogP contribution in [0.4, 0.5) is 0 Å². The van der Waals surface area contributed by atoms with Crippen molar-refractivity contribution in [3.05, 3.63) is 0 Å². The molecule has 2 heterocycles. The molecule has 0 bridgehead atoms. The highest BCUT2D eigenvalue weighted by Gasteiger charge is 2.12. The maximum Gasteiger partial charge on any atom is 0.126 e. The molecule has 2 aliphatic heterocycles. The minimum atomic E-state index is 0.167. The lowest BCUT2D eigenvalue weighted by molar-refractivity contribution is -0.114. The zero-order chi connectivity index (χ0) is 21.1. The van der Waals surface area contributed by atoms with Gasteiger partial charge in [0.05, 0.1) is 6.61 Å². The summed E-state index contributed by atoms with van der Waals surface area (Å²) in [5, 5.41) is 0. The summed E-state index contributed by atoms with van der Waals surface area (Å²) in [5.74, 6) is 0.167. The molecule has 0 aliphatic carbocycles. The number of hydrogen-bond acceptors (Lipinski definition) is 7. The highest BCUT2D eigenvalue weighted by Crippen LogP contribution is 1.98. The molecule has 2 aliphatic rings. The van der Waals surface area contributed by atoms with Gasteiger partial charge in [0.25, 0.3) is 0 Å². The molecule has 0 atom stereocenters. The number of carbonyl (C=O) groups excluding carboxylic acids is 1. The van der Waals surface area contributed by atoms with Crippen molar-refractivity contribution in [3.63, 3.8) is 0 Å². The lowest BCUT2D eigenvalue weighted by Crippen LogP contribution is -2.45. The van der Waals surface area contributed by atoms with Crippen LogP contribution in [0.5, 0.6) is 0 Å². The van der Waals surface area contributed by atoms with Crippen molar-refractivity contribution in [1.29, 1.82) is 0 Å². The second kappa shape index (κ2) is 20.2. The number of hydrogen-bond donors (Lipinski definition) is 0. The van der Waals surface area contributed by atoms with E-state index < -0.39 is 0 Å². The average Bonchev–Trinajstić information content (AvgIpc) is 2.63. The highest BCUT2D eigenvalue weighted by molar-refractivity contribution is 5.72. The molecule has 0 aromatic heterocycles. The Morgan fingerprint density at radius 1 is 0.778 bits per heavy atom. The van der Waals surface area contributed by atoms with Gasteiger partial charge in [-0.15, -0.1) is 0 Å². The molecule has 2 fully saturated rings. The average molecular weight is 391 g/mol. The molecule has 0 aromatic rings. The molecule has 0 radical (unpaired) electrons. The van der Waals surface area contributed by atoms with E-state index in [-0.39, 0.29) is 5.78 Å². The summed E-state index contributed by atoms with van der Waals surface area (Å²) < 4.78 is 9.27. The standard InChI is InChI=1S/C8H18N2O.C7H16N2.C3H6O.C2H6O/c1-9-3-5-10(6-4-9)7-8-11-2;1-3-9-6-4-8(2)5-7-9;1-3(2)4;1-3-2/h3-8H2,1-2H3;3-7H2,1-2H3;1-2H3;1-2H3. The van der Waals surface area contributed by atoms with Crippen LogP contribution in [0.15, 0.2) is 0 Å². The fourth-order valence-electron chi connectivity index (χ4n) is 2.46. The highest BCUT2D eigenvalue weighted by atomic mass is 16.5. The molecule has 0 spiro atoms. The van der Waals surface area contributed by atoms with Crippen LogP contribution in [0.25, 0.3) is 0 Å². The number of carbonyl (C=O) groups is 1. The van der Waals surface area contributed by atoms with Gasteiger partial charge in [-0.3, -0.25) is 4.90 Å². The second-order valence-corrected chi connectivity index (χ2v) is 7.19. The van der Waals surface area contributed by atoms with Crippen molar-refractivity contribution in [2.45, 2.75) is 20.8 Å². The smallest absolute Gasteiger partial charge is 0.126 e. The van der Waals surface area contributed by atoms with Crippen LogP contribution in [0, 0.1) is 0 Å². The molecule has 7 nitrogen and oxygen atoms in total. The van der Waals surface area contributed by atoms with Crippen molar-refractivity contribution < 1.29 is 14.3 Å². The van der Waals surface area contributed by atoms with E-state index in [0.29, 0.717) is 0 Å². The molecule has 2 saturated heterocycles. The van der Waals surface area contributed by atoms with Crippen molar-refractivity contribution in [1.82, 2.24) is 19.6 Å². The number of Topliss-reactive ketones (excluding diaryl/α,β-unsaturated/α-hetero) is 1. The molecule has 0 N–H and O–H groups in total. The number of nitrogens with zero attached hydrogens (tertiary/aromatic N) is 4. The first kappa shape index (κ1) is 28.6. The van der Waals surface area contributed by atoms with Gasteiger partial charge in [-0.2, -0.15) is 0 Å². The zero-order valence-electron chi connectivity index (χ0n) is 19.3. The van der Waals surface area contributed by atoms with E-state index in [1.165, 1.54) is 72.8 Å². The summed E-state index contributed by atoms with van der Waals surface area (Å²) >= 11 is 0. The minimum absolute atomic E-state index is 0.167. The predicted octanol–water partition coefficient (Wildman–Crippen LogP) is 0.992. The number of methoxy groups -OCH3 is 2. The fraction of sp³-hybridized carbons (Fsp3) is 0.950. The lowest BCUT2D eigenvalue weighted by Gasteiger charge is -2.31. The van der Waals surface area contributed by atoms with Crippen molar-refractivity contribution in [3.8, 4) is 0 Å². The van der Waals surface area contributed by atoms with Gasteiger partial charge in [-0.25, -0.2) is 0 Å². The maximum absolute atomic E-state index is 9.44. The Kier molecular flexibility index (Phi) is 21.4. The molecular formula is C20H46N4O3. The van der Waals surface area contributed by atoms with E-state index in [2.05, 4.69) is 45.4 Å². The Morgan fingerprint density at radius 3 is 1.41 bits per heavy atom. The third kappa shape index (κ3) is 21.6. The number of ketones is 1. The fourth-order valence-corrected chi connectivity index (χ4v) is 2.46. The van der Waals surface area contributed by atoms with Gasteiger partial charge in [-0.1, -0.05) is 6.92 Å². The van der Waals surface area contributed by atoms with Crippen LogP contribution in [0.1, 0.15) is 20.8 Å². The zero-order valence-corrected chi connectivity index (χ0v) is 19.3. The normalized spacial score (nSPS) is 19.0.